The summed E-state index contributed by atoms with van der Waals surface area (Å²) in [6, 6.07) is 2.43. The predicted octanol–water partition coefficient (Wildman–Crippen LogP) is 1.14. The Balaban J connectivity index is 3.45. The molecule has 0 aliphatic carbocycles. The van der Waals surface area contributed by atoms with Gasteiger partial charge in [-0.15, -0.1) is 0 Å². The van der Waals surface area contributed by atoms with E-state index in [2.05, 4.69) is 9.72 Å². The average Bonchev–Trinajstić information content (AvgIpc) is 2.35. The molecule has 0 aromatic carbocycles. The summed E-state index contributed by atoms with van der Waals surface area (Å²) in [5.74, 6) is -0.815. The zero-order valence-electron chi connectivity index (χ0n) is 8.91. The lowest BCUT2D eigenvalue weighted by Crippen LogP contribution is -2.14. The second-order valence-corrected chi connectivity index (χ2v) is 3.03. The Bertz CT molecular complexity index is 483. The number of nitriles is 1. The number of esters is 1. The van der Waals surface area contributed by atoms with Crippen molar-refractivity contribution in [1.82, 2.24) is 4.98 Å². The second-order valence-electron chi connectivity index (χ2n) is 3.03. The lowest BCUT2D eigenvalue weighted by Gasteiger charge is -2.09. The van der Waals surface area contributed by atoms with Crippen molar-refractivity contribution in [3.8, 4) is 6.07 Å². The van der Waals surface area contributed by atoms with Gasteiger partial charge in [-0.3, -0.25) is 0 Å². The normalized spacial score (nSPS) is 10.1. The van der Waals surface area contributed by atoms with Gasteiger partial charge in [-0.05, 0) is 6.07 Å². The molecule has 0 spiro atoms. The van der Waals surface area contributed by atoms with Crippen LogP contribution in [0.25, 0.3) is 0 Å². The number of nitrogens with zero attached hydrogens (tertiary/aromatic N) is 2. The Hall–Kier alpha value is -2.07. The van der Waals surface area contributed by atoms with Crippen LogP contribution in [0.1, 0.15) is 33.7 Å². The Morgan fingerprint density at radius 3 is 2.76 bits per heavy atom. The molecular formula is C10H9F2N3O2. The number of pyridine rings is 1. The van der Waals surface area contributed by atoms with Gasteiger partial charge in [-0.25, -0.2) is 18.6 Å². The standard InChI is InChI=1S/C10H9F2N3O2/c1-17-10(16)6-2-5(9(11)12)7(3-13)15-8(6)4-14/h2,9H,4,14H2,1H3. The van der Waals surface area contributed by atoms with E-state index < -0.39 is 23.7 Å². The minimum absolute atomic E-state index is 0.0535. The first-order valence-corrected chi connectivity index (χ1v) is 4.55. The highest BCUT2D eigenvalue weighted by Crippen LogP contribution is 2.24. The number of ether oxygens (including phenoxy) is 1. The summed E-state index contributed by atoms with van der Waals surface area (Å²) in [5.41, 5.74) is 4.19. The first kappa shape index (κ1) is 13.0. The molecule has 90 valence electrons. The topological polar surface area (TPSA) is 89.0 Å². The highest BCUT2D eigenvalue weighted by atomic mass is 19.3. The van der Waals surface area contributed by atoms with E-state index in [0.717, 1.165) is 13.2 Å². The number of carbonyl (C=O) groups is 1. The Morgan fingerprint density at radius 2 is 2.35 bits per heavy atom. The van der Waals surface area contributed by atoms with Crippen molar-refractivity contribution in [2.45, 2.75) is 13.0 Å². The molecule has 0 saturated heterocycles. The van der Waals surface area contributed by atoms with Crippen molar-refractivity contribution in [1.29, 1.82) is 5.26 Å². The van der Waals surface area contributed by atoms with E-state index >= 15 is 0 Å². The highest BCUT2D eigenvalue weighted by molar-refractivity contribution is 5.90. The first-order chi connectivity index (χ1) is 8.04. The number of hydrogen-bond acceptors (Lipinski definition) is 5. The van der Waals surface area contributed by atoms with Crippen LogP contribution >= 0.6 is 0 Å². The smallest absolute Gasteiger partial charge is 0.339 e. The van der Waals surface area contributed by atoms with Crippen molar-refractivity contribution in [3.63, 3.8) is 0 Å². The molecule has 17 heavy (non-hydrogen) atoms. The molecule has 1 aromatic heterocycles. The molecule has 1 rings (SSSR count). The van der Waals surface area contributed by atoms with Gasteiger partial charge in [0.2, 0.25) is 0 Å². The van der Waals surface area contributed by atoms with Gasteiger partial charge in [-0.1, -0.05) is 0 Å². The molecule has 0 radical (unpaired) electrons. The quantitative estimate of drug-likeness (QED) is 0.801. The molecule has 0 unspecified atom stereocenters. The van der Waals surface area contributed by atoms with E-state index in [1.807, 2.05) is 0 Å². The van der Waals surface area contributed by atoms with Crippen LogP contribution in [-0.2, 0) is 11.3 Å². The number of carbonyl (C=O) groups excluding carboxylic acids is 1. The first-order valence-electron chi connectivity index (χ1n) is 4.55. The third kappa shape index (κ3) is 2.54. The van der Waals surface area contributed by atoms with Crippen LogP contribution in [-0.4, -0.2) is 18.1 Å². The van der Waals surface area contributed by atoms with Gasteiger partial charge in [0.1, 0.15) is 11.8 Å². The number of alkyl halides is 2. The molecule has 0 fully saturated rings. The number of rotatable bonds is 3. The van der Waals surface area contributed by atoms with E-state index in [4.69, 9.17) is 11.0 Å². The van der Waals surface area contributed by atoms with Crippen LogP contribution in [0.15, 0.2) is 6.07 Å². The van der Waals surface area contributed by atoms with Gasteiger partial charge in [-0.2, -0.15) is 5.26 Å². The predicted molar refractivity (Wildman–Crippen MR) is 53.1 cm³/mol. The zero-order chi connectivity index (χ0) is 13.0. The zero-order valence-corrected chi connectivity index (χ0v) is 8.91. The van der Waals surface area contributed by atoms with Crippen molar-refractivity contribution in [2.75, 3.05) is 7.11 Å². The lowest BCUT2D eigenvalue weighted by molar-refractivity contribution is 0.0598. The SMILES string of the molecule is COC(=O)c1cc(C(F)F)c(C#N)nc1CN. The second kappa shape index (κ2) is 5.32. The molecular weight excluding hydrogens is 232 g/mol. The molecule has 0 aliphatic rings. The van der Waals surface area contributed by atoms with E-state index in [9.17, 15) is 13.6 Å². The Labute approximate surface area is 95.8 Å². The number of nitrogens with two attached hydrogens (primary N) is 1. The van der Waals surface area contributed by atoms with Crippen molar-refractivity contribution in [3.05, 3.63) is 28.6 Å². The summed E-state index contributed by atoms with van der Waals surface area (Å²) >= 11 is 0. The third-order valence-corrected chi connectivity index (χ3v) is 2.07. The van der Waals surface area contributed by atoms with E-state index in [1.165, 1.54) is 6.07 Å². The fourth-order valence-corrected chi connectivity index (χ4v) is 1.27. The third-order valence-electron chi connectivity index (χ3n) is 2.07. The fraction of sp³-hybridized carbons (Fsp3) is 0.300. The molecule has 0 atom stereocenters. The number of aromatic nitrogens is 1. The molecule has 5 nitrogen and oxygen atoms in total. The van der Waals surface area contributed by atoms with Gasteiger partial charge in [0.15, 0.2) is 0 Å². The van der Waals surface area contributed by atoms with Crippen molar-refractivity contribution < 1.29 is 18.3 Å². The number of halogens is 2. The minimum atomic E-state index is -2.90. The molecule has 0 amide bonds. The Kier molecular flexibility index (Phi) is 4.06. The van der Waals surface area contributed by atoms with E-state index in [-0.39, 0.29) is 17.8 Å². The van der Waals surface area contributed by atoms with Crippen LogP contribution in [0, 0.1) is 11.3 Å². The summed E-state index contributed by atoms with van der Waals surface area (Å²) in [6.45, 7) is -0.150. The van der Waals surface area contributed by atoms with Crippen molar-refractivity contribution >= 4 is 5.97 Å². The molecule has 1 heterocycles. The van der Waals surface area contributed by atoms with E-state index in [0.29, 0.717) is 0 Å². The van der Waals surface area contributed by atoms with E-state index in [1.54, 1.807) is 0 Å². The van der Waals surface area contributed by atoms with Gasteiger partial charge < -0.3 is 10.5 Å². The molecule has 0 saturated carbocycles. The van der Waals surface area contributed by atoms with Gasteiger partial charge >= 0.3 is 5.97 Å². The summed E-state index contributed by atoms with van der Waals surface area (Å²) in [4.78, 5) is 15.0. The molecule has 7 heteroatoms. The van der Waals surface area contributed by atoms with Crippen LogP contribution < -0.4 is 5.73 Å². The minimum Gasteiger partial charge on any atom is -0.465 e. The van der Waals surface area contributed by atoms with Crippen LogP contribution in [0.5, 0.6) is 0 Å². The Morgan fingerprint density at radius 1 is 1.71 bits per heavy atom. The van der Waals surface area contributed by atoms with Gasteiger partial charge in [0.25, 0.3) is 6.43 Å². The van der Waals surface area contributed by atoms with Crippen LogP contribution in [0.3, 0.4) is 0 Å². The maximum atomic E-state index is 12.6. The highest BCUT2D eigenvalue weighted by Gasteiger charge is 2.21. The number of methoxy groups -OCH3 is 1. The van der Waals surface area contributed by atoms with Crippen LogP contribution in [0.4, 0.5) is 8.78 Å². The average molecular weight is 241 g/mol. The summed E-state index contributed by atoms with van der Waals surface area (Å²) in [6.07, 6.45) is -2.90. The summed E-state index contributed by atoms with van der Waals surface area (Å²) < 4.78 is 29.7. The number of hydrogen-bond donors (Lipinski definition) is 1. The fourth-order valence-electron chi connectivity index (χ4n) is 1.27. The molecule has 0 aliphatic heterocycles. The molecule has 1 aromatic rings. The maximum absolute atomic E-state index is 12.6. The largest absolute Gasteiger partial charge is 0.465 e. The molecule has 0 bridgehead atoms. The van der Waals surface area contributed by atoms with Gasteiger partial charge in [0, 0.05) is 6.54 Å². The molecule has 2 N–H and O–H groups in total. The summed E-state index contributed by atoms with van der Waals surface area (Å²) in [5, 5.41) is 8.67. The summed E-state index contributed by atoms with van der Waals surface area (Å²) in [7, 11) is 1.11. The monoisotopic (exact) mass is 241 g/mol. The lowest BCUT2D eigenvalue weighted by atomic mass is 10.1. The van der Waals surface area contributed by atoms with Crippen LogP contribution in [0.2, 0.25) is 0 Å². The maximum Gasteiger partial charge on any atom is 0.339 e. The van der Waals surface area contributed by atoms with Gasteiger partial charge in [0.05, 0.1) is 23.9 Å². The van der Waals surface area contributed by atoms with Crippen molar-refractivity contribution in [2.24, 2.45) is 5.73 Å².